The van der Waals surface area contributed by atoms with Crippen molar-refractivity contribution in [2.75, 3.05) is 0 Å². The van der Waals surface area contributed by atoms with Gasteiger partial charge in [-0.25, -0.2) is 0 Å². The van der Waals surface area contributed by atoms with Gasteiger partial charge in [-0.15, -0.1) is 0 Å². The maximum absolute atomic E-state index is 11.9. The van der Waals surface area contributed by atoms with Crippen molar-refractivity contribution in [1.82, 2.24) is 0 Å². The number of hydrogen-bond acceptors (Lipinski definition) is 6. The summed E-state index contributed by atoms with van der Waals surface area (Å²) in [7, 11) is 0. The van der Waals surface area contributed by atoms with E-state index in [0.717, 1.165) is 16.7 Å². The largest absolute Gasteiger partial charge is 0.504 e. The number of allylic oxidation sites excluding steroid dienone is 18. The first kappa shape index (κ1) is 54.0. The first-order valence-corrected chi connectivity index (χ1v) is 21.5. The van der Waals surface area contributed by atoms with Crippen molar-refractivity contribution in [1.29, 1.82) is 0 Å². The highest BCUT2D eigenvalue weighted by molar-refractivity contribution is 6.08. The van der Waals surface area contributed by atoms with E-state index in [1.165, 1.54) is 16.7 Å². The Balaban J connectivity index is 0.000000450. The van der Waals surface area contributed by atoms with E-state index < -0.39 is 6.10 Å². The van der Waals surface area contributed by atoms with Crippen LogP contribution in [-0.4, -0.2) is 38.8 Å². The monoisotopic (exact) mass is 827 g/mol. The predicted octanol–water partition coefficient (Wildman–Crippen LogP) is 14.1. The lowest BCUT2D eigenvalue weighted by Gasteiger charge is -2.36. The number of ketones is 3. The highest BCUT2D eigenvalue weighted by Gasteiger charge is 2.39. The minimum Gasteiger partial charge on any atom is -0.504 e. The summed E-state index contributed by atoms with van der Waals surface area (Å²) in [6.07, 6.45) is 20.7. The molecule has 0 aromatic heterocycles. The van der Waals surface area contributed by atoms with Gasteiger partial charge in [0.05, 0.1) is 0 Å². The van der Waals surface area contributed by atoms with Crippen LogP contribution >= 0.6 is 0 Å². The predicted molar refractivity (Wildman–Crippen MR) is 254 cm³/mol. The number of hydrogen-bond donors (Lipinski definition) is 3. The lowest BCUT2D eigenvalue weighted by atomic mass is 9.67. The molecule has 0 bridgehead atoms. The highest BCUT2D eigenvalue weighted by atomic mass is 16.3. The van der Waals surface area contributed by atoms with Gasteiger partial charge in [0.15, 0.2) is 23.1 Å². The molecule has 2 atom stereocenters. The summed E-state index contributed by atoms with van der Waals surface area (Å²) >= 11 is 0. The summed E-state index contributed by atoms with van der Waals surface area (Å²) in [5.74, 6) is -0.645. The number of aliphatic hydroxyl groups is 3. The summed E-state index contributed by atoms with van der Waals surface area (Å²) in [6.45, 7) is 43.5. The Labute approximate surface area is 365 Å². The molecule has 0 amide bonds. The number of carbonyl (C=O) groups is 3. The van der Waals surface area contributed by atoms with Crippen LogP contribution in [0.1, 0.15) is 158 Å². The molecular weight excluding hydrogens is 745 g/mol. The van der Waals surface area contributed by atoms with Crippen molar-refractivity contribution < 1.29 is 29.7 Å². The summed E-state index contributed by atoms with van der Waals surface area (Å²) in [5.41, 5.74) is 7.43. The molecular formula is C54H82O6. The second kappa shape index (κ2) is 20.2. The van der Waals surface area contributed by atoms with Gasteiger partial charge >= 0.3 is 0 Å². The molecule has 6 nitrogen and oxygen atoms in total. The molecule has 0 aromatic carbocycles. The maximum Gasteiger partial charge on any atom is 0.222 e. The van der Waals surface area contributed by atoms with E-state index in [1.54, 1.807) is 13.0 Å². The Kier molecular flexibility index (Phi) is 18.2. The lowest BCUT2D eigenvalue weighted by molar-refractivity contribution is -0.125. The van der Waals surface area contributed by atoms with Gasteiger partial charge in [-0.05, 0) is 103 Å². The molecule has 334 valence electrons. The van der Waals surface area contributed by atoms with Crippen molar-refractivity contribution in [2.24, 2.45) is 38.4 Å². The number of Topliss-reactive ketones (excluding diaryl/α,β-unsaturated/α-hetero) is 3. The van der Waals surface area contributed by atoms with Crippen molar-refractivity contribution >= 4 is 17.3 Å². The Morgan fingerprint density at radius 2 is 1.08 bits per heavy atom. The average molecular weight is 827 g/mol. The van der Waals surface area contributed by atoms with Crippen LogP contribution in [0.3, 0.4) is 0 Å². The van der Waals surface area contributed by atoms with Gasteiger partial charge in [-0.1, -0.05) is 175 Å². The zero-order chi connectivity index (χ0) is 47.1. The fourth-order valence-corrected chi connectivity index (χ4v) is 8.39. The number of rotatable bonds is 6. The standard InChI is InChI=1S/2C18H28O2.C18H26O2/c3*1-12(10-17(3,4)5)8-9-14-13(2)16(20)15(19)11-18(14,6)7/h8-10,15,19H,11H2,1-7H3;8-10,14,20H,11H2,1-7H3;8-11,19H,1-7H3/b3*9-8+,12-10+. The number of aliphatic hydroxyl groups excluding tert-OH is 3. The molecule has 0 aliphatic heterocycles. The quantitative estimate of drug-likeness (QED) is 0.230. The molecule has 3 N–H and O–H groups in total. The zero-order valence-corrected chi connectivity index (χ0v) is 41.4. The fourth-order valence-electron chi connectivity index (χ4n) is 8.39. The van der Waals surface area contributed by atoms with E-state index in [2.05, 4.69) is 147 Å². The maximum atomic E-state index is 11.9. The topological polar surface area (TPSA) is 112 Å². The lowest BCUT2D eigenvalue weighted by Crippen LogP contribution is -2.35. The summed E-state index contributed by atoms with van der Waals surface area (Å²) in [5, 5.41) is 29.4. The Hall–Kier alpha value is -4.03. The molecule has 0 radical (unpaired) electrons. The van der Waals surface area contributed by atoms with Crippen molar-refractivity contribution in [3.05, 3.63) is 117 Å². The molecule has 3 rings (SSSR count). The third-order valence-corrected chi connectivity index (χ3v) is 10.8. The van der Waals surface area contributed by atoms with Crippen LogP contribution in [0.15, 0.2) is 117 Å². The molecule has 6 heteroatoms. The highest BCUT2D eigenvalue weighted by Crippen LogP contribution is 2.43. The molecule has 0 saturated carbocycles. The van der Waals surface area contributed by atoms with Gasteiger partial charge < -0.3 is 15.3 Å². The van der Waals surface area contributed by atoms with Gasteiger partial charge in [-0.3, -0.25) is 14.4 Å². The van der Waals surface area contributed by atoms with Crippen LogP contribution in [0.4, 0.5) is 0 Å². The van der Waals surface area contributed by atoms with Crippen LogP contribution in [0, 0.1) is 38.4 Å². The van der Waals surface area contributed by atoms with Crippen LogP contribution in [0.25, 0.3) is 0 Å². The SMILES string of the molecule is CC1=C(/C=C/C(C)=C/C(C)(C)C)C(C)(C)C=C(O)C1=O.CC1=C(/C=C/C(C)=C/C(C)(C)C)C(C)(C)CC(O)C1=O.CC1=C(O)C(=O)CC(C)(C)C1/C=C/C(C)=C/C(C)(C)C. The van der Waals surface area contributed by atoms with E-state index in [4.69, 9.17) is 0 Å². The summed E-state index contributed by atoms with van der Waals surface area (Å²) in [6, 6.07) is 0. The second-order valence-electron chi connectivity index (χ2n) is 22.5. The average Bonchev–Trinajstić information content (AvgIpc) is 3.02. The van der Waals surface area contributed by atoms with E-state index >= 15 is 0 Å². The van der Waals surface area contributed by atoms with Crippen molar-refractivity contribution in [2.45, 2.75) is 164 Å². The minimum absolute atomic E-state index is 0.0450. The Morgan fingerprint density at radius 1 is 0.667 bits per heavy atom. The molecule has 2 unspecified atom stereocenters. The first-order valence-electron chi connectivity index (χ1n) is 21.5. The normalized spacial score (nSPS) is 23.3. The molecule has 0 spiro atoms. The van der Waals surface area contributed by atoms with Gasteiger partial charge in [0.25, 0.3) is 0 Å². The molecule has 60 heavy (non-hydrogen) atoms. The van der Waals surface area contributed by atoms with Crippen molar-refractivity contribution in [3.8, 4) is 0 Å². The van der Waals surface area contributed by atoms with Crippen molar-refractivity contribution in [3.63, 3.8) is 0 Å². The Bertz CT molecular complexity index is 1900. The smallest absolute Gasteiger partial charge is 0.222 e. The molecule has 3 aliphatic rings. The summed E-state index contributed by atoms with van der Waals surface area (Å²) < 4.78 is 0. The molecule has 0 aromatic rings. The third-order valence-electron chi connectivity index (χ3n) is 10.8. The zero-order valence-electron chi connectivity index (χ0n) is 41.4. The fraction of sp³-hybridized carbons (Fsp3) is 0.574. The molecule has 0 heterocycles. The summed E-state index contributed by atoms with van der Waals surface area (Å²) in [4.78, 5) is 35.6. The van der Waals surface area contributed by atoms with E-state index in [9.17, 15) is 29.7 Å². The van der Waals surface area contributed by atoms with Crippen LogP contribution in [-0.2, 0) is 14.4 Å². The van der Waals surface area contributed by atoms with Crippen LogP contribution in [0.5, 0.6) is 0 Å². The van der Waals surface area contributed by atoms with Gasteiger partial charge in [0.2, 0.25) is 5.78 Å². The molecule has 0 fully saturated rings. The number of carbonyl (C=O) groups excluding carboxylic acids is 3. The molecule has 0 saturated heterocycles. The van der Waals surface area contributed by atoms with E-state index in [1.807, 2.05) is 45.9 Å². The van der Waals surface area contributed by atoms with Crippen LogP contribution < -0.4 is 0 Å². The first-order chi connectivity index (χ1) is 26.8. The minimum atomic E-state index is -0.853. The second-order valence-corrected chi connectivity index (χ2v) is 22.5. The van der Waals surface area contributed by atoms with Gasteiger partial charge in [0.1, 0.15) is 6.10 Å². The third kappa shape index (κ3) is 16.8. The Morgan fingerprint density at radius 3 is 1.52 bits per heavy atom. The van der Waals surface area contributed by atoms with E-state index in [-0.39, 0.29) is 67.3 Å². The van der Waals surface area contributed by atoms with Gasteiger partial charge in [0, 0.05) is 23.3 Å². The van der Waals surface area contributed by atoms with E-state index in [0.29, 0.717) is 24.0 Å². The van der Waals surface area contributed by atoms with Gasteiger partial charge in [-0.2, -0.15) is 0 Å². The van der Waals surface area contributed by atoms with Crippen LogP contribution in [0.2, 0.25) is 0 Å². The molecule has 3 aliphatic carbocycles.